The maximum absolute atomic E-state index is 12.5. The van der Waals surface area contributed by atoms with Crippen LogP contribution >= 0.6 is 12.2 Å². The third-order valence-corrected chi connectivity index (χ3v) is 4.65. The predicted octanol–water partition coefficient (Wildman–Crippen LogP) is 1.58. The molecule has 7 nitrogen and oxygen atoms in total. The van der Waals surface area contributed by atoms with Crippen molar-refractivity contribution in [3.8, 4) is 0 Å². The number of esters is 1. The lowest BCUT2D eigenvalue weighted by atomic mass is 10.0. The molecule has 146 valence electrons. The molecular weight excluding hydrogens is 366 g/mol. The molecule has 2 N–H and O–H groups in total. The summed E-state index contributed by atoms with van der Waals surface area (Å²) in [6.45, 7) is 6.88. The number of hydrogen-bond donors (Lipinski definition) is 2. The molecule has 0 spiro atoms. The Balaban J connectivity index is 2.06. The van der Waals surface area contributed by atoms with E-state index in [0.717, 1.165) is 5.56 Å². The van der Waals surface area contributed by atoms with Crippen molar-refractivity contribution >= 4 is 35.1 Å². The summed E-state index contributed by atoms with van der Waals surface area (Å²) in [5, 5.41) is 5.48. The third-order valence-electron chi connectivity index (χ3n) is 4.32. The lowest BCUT2D eigenvalue weighted by molar-refractivity contribution is -0.147. The zero-order valence-corrected chi connectivity index (χ0v) is 16.6. The molecule has 1 aromatic carbocycles. The molecule has 8 heteroatoms. The Morgan fingerprint density at radius 1 is 1.33 bits per heavy atom. The zero-order chi connectivity index (χ0) is 20.0. The third kappa shape index (κ3) is 5.50. The van der Waals surface area contributed by atoms with Crippen LogP contribution in [0.4, 0.5) is 0 Å². The summed E-state index contributed by atoms with van der Waals surface area (Å²) in [5.41, 5.74) is 1.61. The molecule has 2 rings (SSSR count). The van der Waals surface area contributed by atoms with Gasteiger partial charge in [0.2, 0.25) is 5.91 Å². The Morgan fingerprint density at radius 2 is 2.00 bits per heavy atom. The molecular formula is C19H25N3O4S. The van der Waals surface area contributed by atoms with Gasteiger partial charge >= 0.3 is 5.97 Å². The lowest BCUT2D eigenvalue weighted by Gasteiger charge is -2.36. The number of rotatable bonds is 5. The minimum Gasteiger partial charge on any atom is -0.466 e. The summed E-state index contributed by atoms with van der Waals surface area (Å²) in [7, 11) is 0. The largest absolute Gasteiger partial charge is 0.466 e. The van der Waals surface area contributed by atoms with Crippen LogP contribution in [0.3, 0.4) is 0 Å². The summed E-state index contributed by atoms with van der Waals surface area (Å²) < 4.78 is 4.93. The van der Waals surface area contributed by atoms with Gasteiger partial charge in [-0.1, -0.05) is 26.0 Å². The van der Waals surface area contributed by atoms with Gasteiger partial charge in [-0.05, 0) is 42.8 Å². The quantitative estimate of drug-likeness (QED) is 0.585. The van der Waals surface area contributed by atoms with Gasteiger partial charge in [0.05, 0.1) is 13.0 Å². The van der Waals surface area contributed by atoms with E-state index in [2.05, 4.69) is 24.5 Å². The van der Waals surface area contributed by atoms with Gasteiger partial charge in [-0.3, -0.25) is 19.7 Å². The van der Waals surface area contributed by atoms with Crippen LogP contribution in [-0.2, 0) is 14.3 Å². The average Bonchev–Trinajstić information content (AvgIpc) is 2.63. The second-order valence-electron chi connectivity index (χ2n) is 6.55. The van der Waals surface area contributed by atoms with Crippen molar-refractivity contribution < 1.29 is 19.1 Å². The molecule has 2 amide bonds. The Morgan fingerprint density at radius 3 is 2.59 bits per heavy atom. The number of hydrogen-bond acceptors (Lipinski definition) is 5. The number of benzene rings is 1. The topological polar surface area (TPSA) is 87.7 Å². The normalized spacial score (nSPS) is 16.7. The maximum atomic E-state index is 12.5. The first-order valence-electron chi connectivity index (χ1n) is 8.98. The van der Waals surface area contributed by atoms with Gasteiger partial charge in [0.25, 0.3) is 5.91 Å². The SMILES string of the molecule is CCOC(=O)CC1C(=O)NCCN1C(=S)NC(=O)c1ccc(C(C)C)cc1. The molecule has 0 aromatic heterocycles. The van der Waals surface area contributed by atoms with Crippen molar-refractivity contribution in [2.45, 2.75) is 39.2 Å². The van der Waals surface area contributed by atoms with Crippen molar-refractivity contribution in [1.29, 1.82) is 0 Å². The van der Waals surface area contributed by atoms with Crippen LogP contribution in [0.15, 0.2) is 24.3 Å². The number of piperazine rings is 1. The van der Waals surface area contributed by atoms with Crippen LogP contribution in [0.2, 0.25) is 0 Å². The molecule has 0 radical (unpaired) electrons. The molecule has 0 saturated carbocycles. The van der Waals surface area contributed by atoms with Crippen LogP contribution < -0.4 is 10.6 Å². The van der Waals surface area contributed by atoms with Gasteiger partial charge in [-0.2, -0.15) is 0 Å². The van der Waals surface area contributed by atoms with Crippen molar-refractivity contribution in [3.05, 3.63) is 35.4 Å². The van der Waals surface area contributed by atoms with E-state index in [1.165, 1.54) is 0 Å². The Hall–Kier alpha value is -2.48. The maximum Gasteiger partial charge on any atom is 0.308 e. The Kier molecular flexibility index (Phi) is 7.29. The van der Waals surface area contributed by atoms with E-state index in [4.69, 9.17) is 17.0 Å². The first-order chi connectivity index (χ1) is 12.8. The van der Waals surface area contributed by atoms with Crippen molar-refractivity contribution in [3.63, 3.8) is 0 Å². The monoisotopic (exact) mass is 391 g/mol. The van der Waals surface area contributed by atoms with Crippen molar-refractivity contribution in [2.24, 2.45) is 0 Å². The van der Waals surface area contributed by atoms with Crippen LogP contribution in [0.5, 0.6) is 0 Å². The summed E-state index contributed by atoms with van der Waals surface area (Å²) in [5.74, 6) is -0.773. The molecule has 0 bridgehead atoms. The minimum absolute atomic E-state index is 0.122. The number of nitrogens with one attached hydrogen (secondary N) is 2. The average molecular weight is 391 g/mol. The summed E-state index contributed by atoms with van der Waals surface area (Å²) in [6, 6.07) is 6.49. The second kappa shape index (κ2) is 9.45. The fraction of sp³-hybridized carbons (Fsp3) is 0.474. The summed E-state index contributed by atoms with van der Waals surface area (Å²) >= 11 is 5.33. The highest BCUT2D eigenvalue weighted by Gasteiger charge is 2.34. The van der Waals surface area contributed by atoms with Gasteiger partial charge in [0, 0.05) is 18.7 Å². The Bertz CT molecular complexity index is 718. The highest BCUT2D eigenvalue weighted by atomic mass is 32.1. The zero-order valence-electron chi connectivity index (χ0n) is 15.8. The highest BCUT2D eigenvalue weighted by molar-refractivity contribution is 7.80. The van der Waals surface area contributed by atoms with E-state index in [9.17, 15) is 14.4 Å². The first-order valence-corrected chi connectivity index (χ1v) is 9.39. The van der Waals surface area contributed by atoms with E-state index >= 15 is 0 Å². The van der Waals surface area contributed by atoms with E-state index in [1.807, 2.05) is 12.1 Å². The fourth-order valence-electron chi connectivity index (χ4n) is 2.80. The first kappa shape index (κ1) is 20.8. The molecule has 0 aliphatic carbocycles. The number of amides is 2. The van der Waals surface area contributed by atoms with E-state index < -0.39 is 12.0 Å². The molecule has 1 aliphatic rings. The van der Waals surface area contributed by atoms with Crippen LogP contribution in [-0.4, -0.2) is 53.5 Å². The smallest absolute Gasteiger partial charge is 0.308 e. The molecule has 1 unspecified atom stereocenters. The predicted molar refractivity (Wildman–Crippen MR) is 105 cm³/mol. The number of thiocarbonyl (C=S) groups is 1. The highest BCUT2D eigenvalue weighted by Crippen LogP contribution is 2.15. The second-order valence-corrected chi connectivity index (χ2v) is 6.93. The number of carbonyl (C=O) groups is 3. The molecule has 1 aromatic rings. The fourth-order valence-corrected chi connectivity index (χ4v) is 3.11. The molecule has 1 fully saturated rings. The van der Waals surface area contributed by atoms with E-state index in [1.54, 1.807) is 24.0 Å². The van der Waals surface area contributed by atoms with Gasteiger partial charge in [0.1, 0.15) is 6.04 Å². The van der Waals surface area contributed by atoms with Crippen LogP contribution in [0, 0.1) is 0 Å². The van der Waals surface area contributed by atoms with Gasteiger partial charge in [-0.15, -0.1) is 0 Å². The summed E-state index contributed by atoms with van der Waals surface area (Å²) in [4.78, 5) is 38.0. The minimum atomic E-state index is -0.797. The summed E-state index contributed by atoms with van der Waals surface area (Å²) in [6.07, 6.45) is -0.126. The molecule has 1 aliphatic heterocycles. The van der Waals surface area contributed by atoms with Gasteiger partial charge in [-0.25, -0.2) is 0 Å². The number of nitrogens with zero attached hydrogens (tertiary/aromatic N) is 1. The van der Waals surface area contributed by atoms with Crippen LogP contribution in [0.25, 0.3) is 0 Å². The Labute approximate surface area is 164 Å². The molecule has 1 atom stereocenters. The molecule has 1 saturated heterocycles. The van der Waals surface area contributed by atoms with Crippen molar-refractivity contribution in [1.82, 2.24) is 15.5 Å². The molecule has 1 heterocycles. The van der Waals surface area contributed by atoms with Gasteiger partial charge < -0.3 is 15.0 Å². The van der Waals surface area contributed by atoms with E-state index in [-0.39, 0.29) is 30.0 Å². The van der Waals surface area contributed by atoms with Crippen molar-refractivity contribution in [2.75, 3.05) is 19.7 Å². The molecule has 27 heavy (non-hydrogen) atoms. The number of carbonyl (C=O) groups excluding carboxylic acids is 3. The standard InChI is InChI=1S/C19H25N3O4S/c1-4-26-16(23)11-15-18(25)20-9-10-22(15)19(27)21-17(24)14-7-5-13(6-8-14)12(2)3/h5-8,12,15H,4,9-11H2,1-3H3,(H,20,25)(H,21,24,27). The van der Waals surface area contributed by atoms with E-state index in [0.29, 0.717) is 24.6 Å². The van der Waals surface area contributed by atoms with Gasteiger partial charge in [0.15, 0.2) is 5.11 Å². The van der Waals surface area contributed by atoms with Crippen LogP contribution in [0.1, 0.15) is 49.0 Å². The lowest BCUT2D eigenvalue weighted by Crippen LogP contribution is -2.60. The number of ether oxygens (including phenoxy) is 1.